The van der Waals surface area contributed by atoms with Gasteiger partial charge < -0.3 is 19.5 Å². The van der Waals surface area contributed by atoms with Crippen LogP contribution in [0.3, 0.4) is 0 Å². The minimum atomic E-state index is -0.860. The van der Waals surface area contributed by atoms with Crippen molar-refractivity contribution >= 4 is 6.09 Å². The summed E-state index contributed by atoms with van der Waals surface area (Å²) in [5.74, 6) is 0.814. The van der Waals surface area contributed by atoms with Crippen molar-refractivity contribution in [3.8, 4) is 5.75 Å². The van der Waals surface area contributed by atoms with Crippen LogP contribution in [0, 0.1) is 0 Å². The molecule has 1 aliphatic heterocycles. The SMILES string of the molecule is COCCOc1ccc2c(c1)CCN(C(=O)O)C2. The van der Waals surface area contributed by atoms with Gasteiger partial charge in [0.25, 0.3) is 0 Å². The lowest BCUT2D eigenvalue weighted by Crippen LogP contribution is -2.34. The highest BCUT2D eigenvalue weighted by atomic mass is 16.5. The number of nitrogens with zero attached hydrogens (tertiary/aromatic N) is 1. The molecule has 1 heterocycles. The second-order valence-electron chi connectivity index (χ2n) is 4.23. The molecule has 0 atom stereocenters. The van der Waals surface area contributed by atoms with Gasteiger partial charge in [0, 0.05) is 20.2 Å². The first kappa shape index (κ1) is 12.7. The zero-order chi connectivity index (χ0) is 13.0. The average molecular weight is 251 g/mol. The Morgan fingerprint density at radius 1 is 1.39 bits per heavy atom. The zero-order valence-electron chi connectivity index (χ0n) is 10.4. The van der Waals surface area contributed by atoms with E-state index in [1.165, 1.54) is 10.5 Å². The summed E-state index contributed by atoms with van der Waals surface area (Å²) in [6.07, 6.45) is -0.121. The second kappa shape index (κ2) is 5.73. The second-order valence-corrected chi connectivity index (χ2v) is 4.23. The molecule has 1 aromatic rings. The van der Waals surface area contributed by atoms with Gasteiger partial charge in [0.05, 0.1) is 6.61 Å². The molecule has 1 aromatic carbocycles. The Labute approximate surface area is 106 Å². The maximum absolute atomic E-state index is 10.9. The van der Waals surface area contributed by atoms with Gasteiger partial charge in [-0.1, -0.05) is 6.07 Å². The number of carbonyl (C=O) groups is 1. The Kier molecular flexibility index (Phi) is 4.04. The van der Waals surface area contributed by atoms with E-state index < -0.39 is 6.09 Å². The molecule has 2 rings (SSSR count). The van der Waals surface area contributed by atoms with E-state index in [4.69, 9.17) is 14.6 Å². The van der Waals surface area contributed by atoms with Crippen LogP contribution in [0.1, 0.15) is 11.1 Å². The number of hydrogen-bond donors (Lipinski definition) is 1. The quantitative estimate of drug-likeness (QED) is 0.828. The molecule has 0 aromatic heterocycles. The Bertz CT molecular complexity index is 433. The van der Waals surface area contributed by atoms with Crippen LogP contribution in [-0.2, 0) is 17.7 Å². The van der Waals surface area contributed by atoms with Crippen molar-refractivity contribution in [3.63, 3.8) is 0 Å². The molecule has 5 heteroatoms. The van der Waals surface area contributed by atoms with E-state index in [0.717, 1.165) is 17.7 Å². The number of fused-ring (bicyclic) bond motifs is 1. The molecule has 0 fully saturated rings. The molecular formula is C13H17NO4. The van der Waals surface area contributed by atoms with Gasteiger partial charge in [0.15, 0.2) is 0 Å². The lowest BCUT2D eigenvalue weighted by Gasteiger charge is -2.26. The molecule has 18 heavy (non-hydrogen) atoms. The van der Waals surface area contributed by atoms with Gasteiger partial charge in [-0.3, -0.25) is 0 Å². The molecule has 98 valence electrons. The van der Waals surface area contributed by atoms with Crippen LogP contribution in [0.4, 0.5) is 4.79 Å². The molecule has 0 unspecified atom stereocenters. The summed E-state index contributed by atoms with van der Waals surface area (Å²) >= 11 is 0. The minimum Gasteiger partial charge on any atom is -0.491 e. The number of amides is 1. The van der Waals surface area contributed by atoms with Crippen LogP contribution < -0.4 is 4.74 Å². The van der Waals surface area contributed by atoms with Crippen molar-refractivity contribution in [1.82, 2.24) is 4.90 Å². The Balaban J connectivity index is 2.03. The third-order valence-electron chi connectivity index (χ3n) is 3.02. The van der Waals surface area contributed by atoms with E-state index in [1.54, 1.807) is 7.11 Å². The van der Waals surface area contributed by atoms with Crippen molar-refractivity contribution in [3.05, 3.63) is 29.3 Å². The standard InChI is InChI=1S/C13H17NO4/c1-17-6-7-18-12-3-2-11-9-14(13(15)16)5-4-10(11)8-12/h2-3,8H,4-7,9H2,1H3,(H,15,16). The van der Waals surface area contributed by atoms with Crippen molar-refractivity contribution in [1.29, 1.82) is 0 Å². The van der Waals surface area contributed by atoms with Gasteiger partial charge in [0.2, 0.25) is 0 Å². The van der Waals surface area contributed by atoms with Crippen LogP contribution in [0.25, 0.3) is 0 Å². The Hall–Kier alpha value is -1.75. The van der Waals surface area contributed by atoms with Crippen molar-refractivity contribution in [2.45, 2.75) is 13.0 Å². The van der Waals surface area contributed by atoms with E-state index in [1.807, 2.05) is 18.2 Å². The summed E-state index contributed by atoms with van der Waals surface area (Å²) in [6.45, 7) is 2.09. The van der Waals surface area contributed by atoms with Gasteiger partial charge in [-0.15, -0.1) is 0 Å². The summed E-state index contributed by atoms with van der Waals surface area (Å²) < 4.78 is 10.5. The third-order valence-corrected chi connectivity index (χ3v) is 3.02. The average Bonchev–Trinajstić information content (AvgIpc) is 2.38. The molecule has 0 aliphatic carbocycles. The lowest BCUT2D eigenvalue weighted by atomic mass is 10.00. The first-order valence-corrected chi connectivity index (χ1v) is 5.92. The highest BCUT2D eigenvalue weighted by Gasteiger charge is 2.20. The first-order valence-electron chi connectivity index (χ1n) is 5.92. The molecule has 0 radical (unpaired) electrons. The fraction of sp³-hybridized carbons (Fsp3) is 0.462. The van der Waals surface area contributed by atoms with Crippen LogP contribution in [-0.4, -0.2) is 43.0 Å². The number of methoxy groups -OCH3 is 1. The predicted octanol–water partition coefficient (Wildman–Crippen LogP) is 1.75. The largest absolute Gasteiger partial charge is 0.491 e. The van der Waals surface area contributed by atoms with Gasteiger partial charge >= 0.3 is 6.09 Å². The smallest absolute Gasteiger partial charge is 0.407 e. The monoisotopic (exact) mass is 251 g/mol. The summed E-state index contributed by atoms with van der Waals surface area (Å²) in [5, 5.41) is 8.95. The van der Waals surface area contributed by atoms with Crippen molar-refractivity contribution in [2.75, 3.05) is 26.9 Å². The van der Waals surface area contributed by atoms with Crippen LogP contribution in [0.2, 0.25) is 0 Å². The molecule has 0 bridgehead atoms. The normalized spacial score (nSPS) is 14.2. The Morgan fingerprint density at radius 2 is 2.22 bits per heavy atom. The molecule has 5 nitrogen and oxygen atoms in total. The molecule has 0 saturated carbocycles. The maximum atomic E-state index is 10.9. The molecule has 1 N–H and O–H groups in total. The number of hydrogen-bond acceptors (Lipinski definition) is 3. The lowest BCUT2D eigenvalue weighted by molar-refractivity contribution is 0.139. The molecule has 0 saturated heterocycles. The molecule has 0 spiro atoms. The zero-order valence-corrected chi connectivity index (χ0v) is 10.4. The Morgan fingerprint density at radius 3 is 2.94 bits per heavy atom. The fourth-order valence-electron chi connectivity index (χ4n) is 2.03. The van der Waals surface area contributed by atoms with E-state index in [-0.39, 0.29) is 0 Å². The maximum Gasteiger partial charge on any atom is 0.407 e. The molecule has 1 aliphatic rings. The van der Waals surface area contributed by atoms with E-state index in [9.17, 15) is 4.79 Å². The van der Waals surface area contributed by atoms with E-state index in [2.05, 4.69) is 0 Å². The number of rotatable bonds is 4. The van der Waals surface area contributed by atoms with Gasteiger partial charge in [-0.05, 0) is 29.7 Å². The van der Waals surface area contributed by atoms with Crippen LogP contribution >= 0.6 is 0 Å². The summed E-state index contributed by atoms with van der Waals surface area (Å²) in [7, 11) is 1.64. The summed E-state index contributed by atoms with van der Waals surface area (Å²) in [6, 6.07) is 5.80. The predicted molar refractivity (Wildman–Crippen MR) is 66.0 cm³/mol. The highest BCUT2D eigenvalue weighted by Crippen LogP contribution is 2.23. The van der Waals surface area contributed by atoms with Crippen LogP contribution in [0.5, 0.6) is 5.75 Å². The van der Waals surface area contributed by atoms with Crippen molar-refractivity contribution in [2.24, 2.45) is 0 Å². The van der Waals surface area contributed by atoms with Gasteiger partial charge in [-0.2, -0.15) is 0 Å². The number of ether oxygens (including phenoxy) is 2. The van der Waals surface area contributed by atoms with E-state index in [0.29, 0.717) is 26.3 Å². The minimum absolute atomic E-state index is 0.461. The fourth-order valence-corrected chi connectivity index (χ4v) is 2.03. The summed E-state index contributed by atoms with van der Waals surface area (Å²) in [5.41, 5.74) is 2.23. The van der Waals surface area contributed by atoms with Gasteiger partial charge in [-0.25, -0.2) is 4.79 Å². The summed E-state index contributed by atoms with van der Waals surface area (Å²) in [4.78, 5) is 12.3. The van der Waals surface area contributed by atoms with Crippen molar-refractivity contribution < 1.29 is 19.4 Å². The van der Waals surface area contributed by atoms with Gasteiger partial charge in [0.1, 0.15) is 12.4 Å². The van der Waals surface area contributed by atoms with Crippen LogP contribution in [0.15, 0.2) is 18.2 Å². The first-order chi connectivity index (χ1) is 8.70. The number of carboxylic acid groups (broad SMARTS) is 1. The molecular weight excluding hydrogens is 234 g/mol. The van der Waals surface area contributed by atoms with E-state index >= 15 is 0 Å². The molecule has 1 amide bonds. The third kappa shape index (κ3) is 2.92. The topological polar surface area (TPSA) is 59.0 Å². The highest BCUT2D eigenvalue weighted by molar-refractivity contribution is 5.65. The number of benzene rings is 1.